The number of ether oxygens (including phenoxy) is 1. The molecule has 3 atom stereocenters. The van der Waals surface area contributed by atoms with Crippen LogP contribution < -0.4 is 10.1 Å². The van der Waals surface area contributed by atoms with Gasteiger partial charge in [-0.15, -0.1) is 0 Å². The number of carbonyl (C=O) groups is 2. The fourth-order valence-electron chi connectivity index (χ4n) is 4.32. The number of rotatable bonds is 6. The highest BCUT2D eigenvalue weighted by Gasteiger charge is 2.34. The van der Waals surface area contributed by atoms with Crippen LogP contribution in [0.1, 0.15) is 29.8 Å². The molecule has 0 unspecified atom stereocenters. The molecule has 0 saturated heterocycles. The number of benzene rings is 2. The van der Waals surface area contributed by atoms with Crippen molar-refractivity contribution >= 4 is 17.6 Å². The Bertz CT molecular complexity index is 1370. The van der Waals surface area contributed by atoms with E-state index in [9.17, 15) is 19.1 Å². The van der Waals surface area contributed by atoms with Crippen molar-refractivity contribution in [2.75, 3.05) is 32.1 Å². The van der Waals surface area contributed by atoms with E-state index in [1.54, 1.807) is 55.4 Å². The van der Waals surface area contributed by atoms with Crippen LogP contribution >= 0.6 is 0 Å². The third-order valence-corrected chi connectivity index (χ3v) is 6.76. The molecule has 9 nitrogen and oxygen atoms in total. The largest absolute Gasteiger partial charge is 0.472 e. The fraction of sp³-hybridized carbons (Fsp3) is 0.310. The van der Waals surface area contributed by atoms with E-state index < -0.39 is 24.0 Å². The molecule has 3 amide bonds. The lowest BCUT2D eigenvalue weighted by molar-refractivity contribution is 0.0356. The van der Waals surface area contributed by atoms with Crippen molar-refractivity contribution in [1.82, 2.24) is 14.8 Å². The van der Waals surface area contributed by atoms with Gasteiger partial charge in [-0.3, -0.25) is 4.79 Å². The minimum atomic E-state index is -0.525. The van der Waals surface area contributed by atoms with Crippen LogP contribution in [0.25, 0.3) is 11.1 Å². The van der Waals surface area contributed by atoms with Gasteiger partial charge in [-0.2, -0.15) is 5.26 Å². The van der Waals surface area contributed by atoms with E-state index in [0.717, 1.165) is 5.56 Å². The number of likely N-dealkylation sites (N-methyl/N-ethyl adjacent to an activating group) is 1. The molecule has 2 heterocycles. The first-order chi connectivity index (χ1) is 18.7. The van der Waals surface area contributed by atoms with E-state index in [1.165, 1.54) is 29.2 Å². The van der Waals surface area contributed by atoms with Crippen LogP contribution in [-0.2, 0) is 0 Å². The van der Waals surface area contributed by atoms with Crippen LogP contribution in [0, 0.1) is 23.1 Å². The van der Waals surface area contributed by atoms with E-state index in [4.69, 9.17) is 10.00 Å². The number of halogens is 1. The van der Waals surface area contributed by atoms with Gasteiger partial charge in [0.25, 0.3) is 5.91 Å². The lowest BCUT2D eigenvalue weighted by Gasteiger charge is -2.37. The van der Waals surface area contributed by atoms with Gasteiger partial charge >= 0.3 is 6.03 Å². The zero-order valence-corrected chi connectivity index (χ0v) is 22.0. The summed E-state index contributed by atoms with van der Waals surface area (Å²) in [6.07, 6.45) is 1.07. The van der Waals surface area contributed by atoms with E-state index >= 15 is 0 Å². The van der Waals surface area contributed by atoms with Gasteiger partial charge in [0, 0.05) is 37.0 Å². The second-order valence-corrected chi connectivity index (χ2v) is 9.71. The summed E-state index contributed by atoms with van der Waals surface area (Å²) in [6, 6.07) is 15.3. The van der Waals surface area contributed by atoms with Gasteiger partial charge < -0.3 is 25.0 Å². The maximum absolute atomic E-state index is 13.6. The number of nitrogens with one attached hydrogen (secondary N) is 1. The number of aromatic nitrogens is 1. The number of hydrogen-bond donors (Lipinski definition) is 2. The Balaban J connectivity index is 1.62. The van der Waals surface area contributed by atoms with E-state index in [-0.39, 0.29) is 36.4 Å². The van der Waals surface area contributed by atoms with Crippen molar-refractivity contribution in [2.45, 2.75) is 26.0 Å². The first-order valence-corrected chi connectivity index (χ1v) is 12.6. The van der Waals surface area contributed by atoms with Crippen molar-refractivity contribution in [2.24, 2.45) is 5.92 Å². The second-order valence-electron chi connectivity index (χ2n) is 9.71. The monoisotopic (exact) mass is 531 g/mol. The number of amides is 3. The Kier molecular flexibility index (Phi) is 8.42. The Morgan fingerprint density at radius 2 is 1.95 bits per heavy atom. The topological polar surface area (TPSA) is 119 Å². The lowest BCUT2D eigenvalue weighted by Crippen LogP contribution is -2.50. The predicted molar refractivity (Wildman–Crippen MR) is 144 cm³/mol. The predicted octanol–water partition coefficient (Wildman–Crippen LogP) is 4.14. The third-order valence-electron chi connectivity index (χ3n) is 6.76. The summed E-state index contributed by atoms with van der Waals surface area (Å²) in [5.74, 6) is -0.793. The number of urea groups is 1. The van der Waals surface area contributed by atoms with Crippen molar-refractivity contribution in [3.05, 3.63) is 77.7 Å². The van der Waals surface area contributed by atoms with Crippen LogP contribution in [0.4, 0.5) is 14.9 Å². The Morgan fingerprint density at radius 3 is 2.59 bits per heavy atom. The molecule has 0 saturated carbocycles. The van der Waals surface area contributed by atoms with E-state index in [2.05, 4.69) is 16.4 Å². The van der Waals surface area contributed by atoms with Crippen LogP contribution in [0.15, 0.2) is 60.8 Å². The van der Waals surface area contributed by atoms with Crippen molar-refractivity contribution < 1.29 is 23.8 Å². The summed E-state index contributed by atoms with van der Waals surface area (Å²) < 4.78 is 19.5. The summed E-state index contributed by atoms with van der Waals surface area (Å²) >= 11 is 0. The highest BCUT2D eigenvalue weighted by Crippen LogP contribution is 2.30. The molecule has 2 aromatic carbocycles. The molecule has 0 fully saturated rings. The van der Waals surface area contributed by atoms with Crippen LogP contribution in [0.5, 0.6) is 5.88 Å². The normalized spacial score (nSPS) is 17.6. The molecule has 0 spiro atoms. The molecule has 4 rings (SSSR count). The molecule has 0 aliphatic carbocycles. The Labute approximate surface area is 226 Å². The Hall–Kier alpha value is -4.49. The van der Waals surface area contributed by atoms with Crippen molar-refractivity contribution in [1.29, 1.82) is 5.26 Å². The summed E-state index contributed by atoms with van der Waals surface area (Å²) in [6.45, 7) is 3.93. The number of anilines is 1. The van der Waals surface area contributed by atoms with Crippen LogP contribution in [-0.4, -0.2) is 70.7 Å². The number of aliphatic hydroxyl groups is 1. The van der Waals surface area contributed by atoms with Crippen molar-refractivity contribution in [3.8, 4) is 23.1 Å². The van der Waals surface area contributed by atoms with Gasteiger partial charge in [0.1, 0.15) is 17.5 Å². The maximum Gasteiger partial charge on any atom is 0.321 e. The van der Waals surface area contributed by atoms with Crippen molar-refractivity contribution in [3.63, 3.8) is 0 Å². The zero-order chi connectivity index (χ0) is 28.1. The number of fused-ring (bicyclic) bond motifs is 1. The number of aliphatic hydroxyl groups excluding tert-OH is 1. The first-order valence-electron chi connectivity index (χ1n) is 12.6. The molecule has 1 aliphatic heterocycles. The summed E-state index contributed by atoms with van der Waals surface area (Å²) in [7, 11) is 1.62. The Morgan fingerprint density at radius 1 is 1.26 bits per heavy atom. The SMILES string of the molecule is C[C@@H]1CN([C@@H](C)CO)C(=O)c2cc(-c3ccc(C#N)cc3)cnc2O[C@@H]1CN(C)C(=O)Nc1ccc(F)cc1. The fourth-order valence-corrected chi connectivity index (χ4v) is 4.32. The first kappa shape index (κ1) is 27.5. The molecular weight excluding hydrogens is 501 g/mol. The molecule has 0 radical (unpaired) electrons. The summed E-state index contributed by atoms with van der Waals surface area (Å²) in [4.78, 5) is 34.0. The molecular formula is C29H30FN5O4. The molecule has 202 valence electrons. The minimum Gasteiger partial charge on any atom is -0.472 e. The van der Waals surface area contributed by atoms with Crippen LogP contribution in [0.2, 0.25) is 0 Å². The minimum absolute atomic E-state index is 0.136. The maximum atomic E-state index is 13.6. The summed E-state index contributed by atoms with van der Waals surface area (Å²) in [5.41, 5.74) is 2.67. The van der Waals surface area contributed by atoms with Gasteiger partial charge in [0.2, 0.25) is 5.88 Å². The van der Waals surface area contributed by atoms with E-state index in [1.807, 2.05) is 6.92 Å². The molecule has 10 heteroatoms. The molecule has 1 aromatic heterocycles. The quantitative estimate of drug-likeness (QED) is 0.494. The average molecular weight is 532 g/mol. The van der Waals surface area contributed by atoms with Crippen LogP contribution in [0.3, 0.4) is 0 Å². The average Bonchev–Trinajstić information content (AvgIpc) is 2.95. The molecule has 3 aromatic rings. The smallest absolute Gasteiger partial charge is 0.321 e. The van der Waals surface area contributed by atoms with Gasteiger partial charge in [-0.25, -0.2) is 14.2 Å². The molecule has 2 N–H and O–H groups in total. The van der Waals surface area contributed by atoms with Gasteiger partial charge in [-0.1, -0.05) is 19.1 Å². The lowest BCUT2D eigenvalue weighted by atomic mass is 9.99. The number of carbonyl (C=O) groups excluding carboxylic acids is 2. The summed E-state index contributed by atoms with van der Waals surface area (Å²) in [5, 5.41) is 21.7. The number of nitrogens with zero attached hydrogens (tertiary/aromatic N) is 4. The third kappa shape index (κ3) is 6.33. The van der Waals surface area contributed by atoms with Gasteiger partial charge in [0.15, 0.2) is 0 Å². The van der Waals surface area contributed by atoms with E-state index in [0.29, 0.717) is 23.4 Å². The van der Waals surface area contributed by atoms with Gasteiger partial charge in [-0.05, 0) is 55.0 Å². The standard InChI is InChI=1S/C29H30FN5O4/c1-18-15-35(19(2)17-36)28(37)25-12-22(21-6-4-20(13-31)5-7-21)14-32-27(25)39-26(18)16-34(3)29(38)33-24-10-8-23(30)9-11-24/h4-12,14,18-19,26,36H,15-17H2,1-3H3,(H,33,38)/t18-,19+,26-/m1/s1. The number of hydrogen-bond acceptors (Lipinski definition) is 6. The second kappa shape index (κ2) is 11.9. The molecule has 39 heavy (non-hydrogen) atoms. The highest BCUT2D eigenvalue weighted by molar-refractivity contribution is 5.98. The highest BCUT2D eigenvalue weighted by atomic mass is 19.1. The number of pyridine rings is 1. The molecule has 1 aliphatic rings. The molecule has 0 bridgehead atoms. The van der Waals surface area contributed by atoms with Gasteiger partial charge in [0.05, 0.1) is 30.8 Å². The number of nitriles is 1. The zero-order valence-electron chi connectivity index (χ0n) is 22.0.